The SMILES string of the molecule is Cc1cccc(C(=O)O[C@H](C)C(=O)Nc2c(C)cccc2C(C)C)c1O. The highest BCUT2D eigenvalue weighted by molar-refractivity contribution is 5.99. The van der Waals surface area contributed by atoms with E-state index in [4.69, 9.17) is 4.74 Å². The average molecular weight is 355 g/mol. The Balaban J connectivity index is 2.14. The van der Waals surface area contributed by atoms with Crippen LogP contribution >= 0.6 is 0 Å². The maximum atomic E-state index is 12.5. The summed E-state index contributed by atoms with van der Waals surface area (Å²) >= 11 is 0. The smallest absolute Gasteiger partial charge is 0.342 e. The number of nitrogens with one attached hydrogen (secondary N) is 1. The fourth-order valence-electron chi connectivity index (χ4n) is 2.67. The molecule has 2 aromatic rings. The van der Waals surface area contributed by atoms with Crippen molar-refractivity contribution in [3.63, 3.8) is 0 Å². The van der Waals surface area contributed by atoms with E-state index in [1.807, 2.05) is 39.0 Å². The van der Waals surface area contributed by atoms with Gasteiger partial charge in [-0.2, -0.15) is 0 Å². The second-order valence-corrected chi connectivity index (χ2v) is 6.70. The van der Waals surface area contributed by atoms with Crippen LogP contribution in [0.1, 0.15) is 53.7 Å². The van der Waals surface area contributed by atoms with Crippen LogP contribution in [-0.4, -0.2) is 23.1 Å². The monoisotopic (exact) mass is 355 g/mol. The van der Waals surface area contributed by atoms with Gasteiger partial charge in [0.1, 0.15) is 11.3 Å². The molecule has 0 heterocycles. The number of hydrogen-bond acceptors (Lipinski definition) is 4. The highest BCUT2D eigenvalue weighted by atomic mass is 16.5. The van der Waals surface area contributed by atoms with E-state index < -0.39 is 18.0 Å². The number of ether oxygens (including phenoxy) is 1. The van der Waals surface area contributed by atoms with Crippen LogP contribution in [-0.2, 0) is 9.53 Å². The Morgan fingerprint density at radius 2 is 1.62 bits per heavy atom. The summed E-state index contributed by atoms with van der Waals surface area (Å²) < 4.78 is 5.24. The number of esters is 1. The number of anilines is 1. The van der Waals surface area contributed by atoms with Crippen LogP contribution in [0.15, 0.2) is 36.4 Å². The normalized spacial score (nSPS) is 11.9. The number of aryl methyl sites for hydroxylation is 2. The molecule has 5 nitrogen and oxygen atoms in total. The van der Waals surface area contributed by atoms with Gasteiger partial charge in [-0.3, -0.25) is 4.79 Å². The van der Waals surface area contributed by atoms with Gasteiger partial charge >= 0.3 is 5.97 Å². The van der Waals surface area contributed by atoms with Gasteiger partial charge in [-0.1, -0.05) is 44.2 Å². The van der Waals surface area contributed by atoms with Crippen LogP contribution in [0.2, 0.25) is 0 Å². The van der Waals surface area contributed by atoms with Gasteiger partial charge in [0, 0.05) is 5.69 Å². The Morgan fingerprint density at radius 1 is 1.00 bits per heavy atom. The largest absolute Gasteiger partial charge is 0.507 e. The molecule has 0 radical (unpaired) electrons. The Kier molecular flexibility index (Phi) is 6.03. The second kappa shape index (κ2) is 8.04. The minimum absolute atomic E-state index is 0.0448. The lowest BCUT2D eigenvalue weighted by Gasteiger charge is -2.19. The molecule has 0 spiro atoms. The molecule has 2 aromatic carbocycles. The first-order valence-corrected chi connectivity index (χ1v) is 8.62. The first kappa shape index (κ1) is 19.5. The van der Waals surface area contributed by atoms with E-state index in [1.165, 1.54) is 13.0 Å². The molecular weight excluding hydrogens is 330 g/mol. The van der Waals surface area contributed by atoms with Crippen molar-refractivity contribution in [3.05, 3.63) is 58.7 Å². The number of para-hydroxylation sites is 2. The van der Waals surface area contributed by atoms with Crippen molar-refractivity contribution in [2.75, 3.05) is 5.32 Å². The predicted molar refractivity (Wildman–Crippen MR) is 102 cm³/mol. The standard InChI is InChI=1S/C21H25NO4/c1-12(2)16-10-6-8-13(3)18(16)22-20(24)15(5)26-21(25)17-11-7-9-14(4)19(17)23/h6-12,15,23H,1-5H3,(H,22,24)/t15-/m1/s1. The van der Waals surface area contributed by atoms with Crippen LogP contribution < -0.4 is 5.32 Å². The van der Waals surface area contributed by atoms with Gasteiger partial charge in [-0.15, -0.1) is 0 Å². The number of rotatable bonds is 5. The third kappa shape index (κ3) is 4.23. The summed E-state index contributed by atoms with van der Waals surface area (Å²) in [4.78, 5) is 24.8. The lowest BCUT2D eigenvalue weighted by atomic mass is 9.98. The topological polar surface area (TPSA) is 75.6 Å². The number of benzene rings is 2. The van der Waals surface area contributed by atoms with E-state index in [9.17, 15) is 14.7 Å². The van der Waals surface area contributed by atoms with Crippen LogP contribution in [0.4, 0.5) is 5.69 Å². The van der Waals surface area contributed by atoms with E-state index in [0.29, 0.717) is 5.56 Å². The van der Waals surface area contributed by atoms with Gasteiger partial charge in [0.15, 0.2) is 6.10 Å². The summed E-state index contributed by atoms with van der Waals surface area (Å²) in [6.07, 6.45) is -0.998. The highest BCUT2D eigenvalue weighted by Gasteiger charge is 2.23. The molecule has 0 saturated heterocycles. The van der Waals surface area contributed by atoms with Crippen molar-refractivity contribution in [1.82, 2.24) is 0 Å². The molecule has 26 heavy (non-hydrogen) atoms. The molecule has 5 heteroatoms. The zero-order valence-electron chi connectivity index (χ0n) is 15.8. The second-order valence-electron chi connectivity index (χ2n) is 6.70. The Labute approximate surface area is 154 Å². The summed E-state index contributed by atoms with van der Waals surface area (Å²) in [5, 5.41) is 12.9. The molecule has 0 aliphatic rings. The molecular formula is C21H25NO4. The molecule has 138 valence electrons. The minimum atomic E-state index is -0.998. The van der Waals surface area contributed by atoms with E-state index in [2.05, 4.69) is 5.32 Å². The molecule has 0 unspecified atom stereocenters. The molecule has 1 amide bonds. The van der Waals surface area contributed by atoms with Gasteiger partial charge in [-0.25, -0.2) is 4.79 Å². The van der Waals surface area contributed by atoms with Crippen molar-refractivity contribution in [2.24, 2.45) is 0 Å². The zero-order chi connectivity index (χ0) is 19.4. The highest BCUT2D eigenvalue weighted by Crippen LogP contribution is 2.28. The molecule has 0 aliphatic carbocycles. The van der Waals surface area contributed by atoms with Gasteiger partial charge in [-0.05, 0) is 49.4 Å². The van der Waals surface area contributed by atoms with Gasteiger partial charge in [0.05, 0.1) is 0 Å². The molecule has 1 atom stereocenters. The van der Waals surface area contributed by atoms with Crippen LogP contribution in [0.3, 0.4) is 0 Å². The van der Waals surface area contributed by atoms with Gasteiger partial charge in [0.25, 0.3) is 5.91 Å². The van der Waals surface area contributed by atoms with E-state index in [1.54, 1.807) is 19.1 Å². The summed E-state index contributed by atoms with van der Waals surface area (Å²) in [7, 11) is 0. The summed E-state index contributed by atoms with van der Waals surface area (Å²) in [5.41, 5.74) is 3.32. The summed E-state index contributed by atoms with van der Waals surface area (Å²) in [6.45, 7) is 9.22. The lowest BCUT2D eigenvalue weighted by molar-refractivity contribution is -0.123. The number of phenols is 1. The van der Waals surface area contributed by atoms with Crippen LogP contribution in [0, 0.1) is 13.8 Å². The van der Waals surface area contributed by atoms with Crippen LogP contribution in [0.25, 0.3) is 0 Å². The maximum Gasteiger partial charge on any atom is 0.342 e. The van der Waals surface area contributed by atoms with Crippen LogP contribution in [0.5, 0.6) is 5.75 Å². The number of hydrogen-bond donors (Lipinski definition) is 2. The van der Waals surface area contributed by atoms with E-state index in [-0.39, 0.29) is 17.2 Å². The maximum absolute atomic E-state index is 12.5. The van der Waals surface area contributed by atoms with Crippen molar-refractivity contribution < 1.29 is 19.4 Å². The molecule has 0 aromatic heterocycles. The number of amides is 1. The van der Waals surface area contributed by atoms with Crippen molar-refractivity contribution in [2.45, 2.75) is 46.6 Å². The van der Waals surface area contributed by atoms with Crippen molar-refractivity contribution in [1.29, 1.82) is 0 Å². The fourth-order valence-corrected chi connectivity index (χ4v) is 2.67. The van der Waals surface area contributed by atoms with Crippen molar-refractivity contribution in [3.8, 4) is 5.75 Å². The van der Waals surface area contributed by atoms with Gasteiger partial charge in [0.2, 0.25) is 0 Å². The third-order valence-corrected chi connectivity index (χ3v) is 4.29. The predicted octanol–water partition coefficient (Wildman–Crippen LogP) is 4.32. The Hall–Kier alpha value is -2.82. The number of aromatic hydroxyl groups is 1. The first-order chi connectivity index (χ1) is 12.2. The number of carbonyl (C=O) groups excluding carboxylic acids is 2. The summed E-state index contributed by atoms with van der Waals surface area (Å²) in [6, 6.07) is 10.6. The molecule has 0 aliphatic heterocycles. The molecule has 2 N–H and O–H groups in total. The van der Waals surface area contributed by atoms with Gasteiger partial charge < -0.3 is 15.2 Å². The Morgan fingerprint density at radius 3 is 2.27 bits per heavy atom. The lowest BCUT2D eigenvalue weighted by Crippen LogP contribution is -2.30. The third-order valence-electron chi connectivity index (χ3n) is 4.29. The Bertz CT molecular complexity index is 827. The van der Waals surface area contributed by atoms with E-state index >= 15 is 0 Å². The fraction of sp³-hybridized carbons (Fsp3) is 0.333. The molecule has 2 rings (SSSR count). The quantitative estimate of drug-likeness (QED) is 0.783. The molecule has 0 bridgehead atoms. The number of phenolic OH excluding ortho intramolecular Hbond substituents is 1. The van der Waals surface area contributed by atoms with E-state index in [0.717, 1.165) is 16.8 Å². The van der Waals surface area contributed by atoms with Crippen molar-refractivity contribution >= 4 is 17.6 Å². The average Bonchev–Trinajstić information content (AvgIpc) is 2.58. The number of carbonyl (C=O) groups is 2. The zero-order valence-corrected chi connectivity index (χ0v) is 15.8. The first-order valence-electron chi connectivity index (χ1n) is 8.62. The summed E-state index contributed by atoms with van der Waals surface area (Å²) in [5.74, 6) is -1.04. The molecule has 0 saturated carbocycles. The molecule has 0 fully saturated rings. The minimum Gasteiger partial charge on any atom is -0.507 e.